The Morgan fingerprint density at radius 1 is 1.32 bits per heavy atom. The molecule has 31 heavy (non-hydrogen) atoms. The summed E-state index contributed by atoms with van der Waals surface area (Å²) in [6.07, 6.45) is 3.96. The number of anilines is 1. The van der Waals surface area contributed by atoms with Gasteiger partial charge in [-0.25, -0.2) is 13.4 Å². The lowest BCUT2D eigenvalue weighted by Gasteiger charge is -2.27. The molecule has 2 aromatic heterocycles. The van der Waals surface area contributed by atoms with Crippen molar-refractivity contribution in [2.75, 3.05) is 24.3 Å². The average molecular weight is 461 g/mol. The monoisotopic (exact) mass is 460 g/mol. The molecule has 3 aromatic rings. The van der Waals surface area contributed by atoms with E-state index in [0.29, 0.717) is 36.8 Å². The molecule has 1 aliphatic heterocycles. The molecule has 1 atom stereocenters. The van der Waals surface area contributed by atoms with Crippen LogP contribution in [-0.4, -0.2) is 54.0 Å². The van der Waals surface area contributed by atoms with Crippen LogP contribution in [-0.2, 0) is 21.4 Å². The summed E-state index contributed by atoms with van der Waals surface area (Å²) < 4.78 is 32.2. The lowest BCUT2D eigenvalue weighted by Crippen LogP contribution is -2.47. The average Bonchev–Trinajstić information content (AvgIpc) is 3.39. The molecule has 0 aliphatic carbocycles. The van der Waals surface area contributed by atoms with Crippen LogP contribution in [0.1, 0.15) is 25.5 Å². The molecule has 1 aromatic carbocycles. The van der Waals surface area contributed by atoms with Gasteiger partial charge in [0.15, 0.2) is 5.13 Å². The number of carbonyl (C=O) groups excluding carboxylic acids is 1. The van der Waals surface area contributed by atoms with Crippen LogP contribution in [0, 0.1) is 0 Å². The normalized spacial score (nSPS) is 17.2. The van der Waals surface area contributed by atoms with E-state index in [1.165, 1.54) is 15.6 Å². The first-order valence-corrected chi connectivity index (χ1v) is 12.7. The number of fused-ring (bicyclic) bond motifs is 1. The smallest absolute Gasteiger partial charge is 0.247 e. The summed E-state index contributed by atoms with van der Waals surface area (Å²) in [6, 6.07) is 10.4. The van der Waals surface area contributed by atoms with E-state index in [1.54, 1.807) is 11.1 Å². The molecule has 164 valence electrons. The van der Waals surface area contributed by atoms with Gasteiger partial charge >= 0.3 is 0 Å². The summed E-state index contributed by atoms with van der Waals surface area (Å²) in [6.45, 7) is 3.05. The molecule has 1 aliphatic rings. The molecule has 0 N–H and O–H groups in total. The fraction of sp³-hybridized carbons (Fsp3) is 0.381. The van der Waals surface area contributed by atoms with Gasteiger partial charge in [-0.15, -0.1) is 0 Å². The number of benzene rings is 1. The summed E-state index contributed by atoms with van der Waals surface area (Å²) in [7, 11) is -3.49. The quantitative estimate of drug-likeness (QED) is 0.538. The van der Waals surface area contributed by atoms with E-state index < -0.39 is 16.1 Å². The maximum absolute atomic E-state index is 13.6. The molecular weight excluding hydrogens is 436 g/mol. The van der Waals surface area contributed by atoms with Crippen molar-refractivity contribution in [3.05, 3.63) is 48.3 Å². The molecule has 0 saturated carbocycles. The molecule has 0 radical (unpaired) electrons. The number of hydrogen-bond acceptors (Lipinski definition) is 7. The first-order valence-electron chi connectivity index (χ1n) is 10.1. The van der Waals surface area contributed by atoms with Crippen molar-refractivity contribution in [1.82, 2.24) is 14.3 Å². The van der Waals surface area contributed by atoms with E-state index in [2.05, 4.69) is 9.97 Å². The first kappa shape index (κ1) is 21.7. The zero-order chi connectivity index (χ0) is 22.0. The maximum Gasteiger partial charge on any atom is 0.247 e. The number of hydrogen-bond donors (Lipinski definition) is 0. The molecular formula is C21H24N4O4S2. The third-order valence-electron chi connectivity index (χ3n) is 5.12. The Hall–Kier alpha value is -2.56. The van der Waals surface area contributed by atoms with Crippen molar-refractivity contribution < 1.29 is 17.9 Å². The van der Waals surface area contributed by atoms with Gasteiger partial charge in [0.25, 0.3) is 0 Å². The highest BCUT2D eigenvalue weighted by Gasteiger charge is 2.39. The number of aromatic nitrogens is 2. The van der Waals surface area contributed by atoms with E-state index in [4.69, 9.17) is 4.74 Å². The third kappa shape index (κ3) is 4.70. The number of thiazole rings is 1. The number of ether oxygens (including phenoxy) is 1. The van der Waals surface area contributed by atoms with Crippen LogP contribution >= 0.6 is 11.3 Å². The molecule has 0 bridgehead atoms. The zero-order valence-corrected chi connectivity index (χ0v) is 19.0. The highest BCUT2D eigenvalue weighted by molar-refractivity contribution is 7.88. The van der Waals surface area contributed by atoms with Gasteiger partial charge < -0.3 is 4.74 Å². The van der Waals surface area contributed by atoms with Crippen molar-refractivity contribution >= 4 is 42.6 Å². The summed E-state index contributed by atoms with van der Waals surface area (Å²) in [5.74, 6) is 0.463. The third-order valence-corrected chi connectivity index (χ3v) is 7.45. The molecule has 0 spiro atoms. The fourth-order valence-corrected chi connectivity index (χ4v) is 5.84. The number of sulfonamides is 1. The standard InChI is InChI=1S/C21H24N4O4S2/c1-3-29-16-9-10-17-19(13-16)30-21(23-17)24(14-15-7-4-5-11-22-15)20(26)18-8-6-12-25(18)31(2,27)28/h4-5,7,9-11,13,18H,3,6,8,12,14H2,1-2H3. The van der Waals surface area contributed by atoms with Crippen LogP contribution < -0.4 is 9.64 Å². The number of pyridine rings is 1. The number of amides is 1. The Morgan fingerprint density at radius 2 is 2.16 bits per heavy atom. The number of carbonyl (C=O) groups is 1. The van der Waals surface area contributed by atoms with Crippen LogP contribution in [0.5, 0.6) is 5.75 Å². The Bertz CT molecular complexity index is 1180. The predicted molar refractivity (Wildman–Crippen MR) is 121 cm³/mol. The lowest BCUT2D eigenvalue weighted by molar-refractivity contribution is -0.121. The molecule has 1 amide bonds. The largest absolute Gasteiger partial charge is 0.494 e. The maximum atomic E-state index is 13.6. The van der Waals surface area contributed by atoms with Crippen molar-refractivity contribution in [1.29, 1.82) is 0 Å². The van der Waals surface area contributed by atoms with Gasteiger partial charge in [-0.3, -0.25) is 14.7 Å². The van der Waals surface area contributed by atoms with Gasteiger partial charge in [0, 0.05) is 12.7 Å². The molecule has 1 fully saturated rings. The van der Waals surface area contributed by atoms with Crippen molar-refractivity contribution in [3.63, 3.8) is 0 Å². The van der Waals surface area contributed by atoms with E-state index >= 15 is 0 Å². The minimum absolute atomic E-state index is 0.214. The summed E-state index contributed by atoms with van der Waals surface area (Å²) in [5, 5.41) is 0.514. The van der Waals surface area contributed by atoms with Crippen LogP contribution in [0.25, 0.3) is 10.2 Å². The van der Waals surface area contributed by atoms with Crippen LogP contribution in [0.3, 0.4) is 0 Å². The topological polar surface area (TPSA) is 92.7 Å². The Balaban J connectivity index is 1.72. The predicted octanol–water partition coefficient (Wildman–Crippen LogP) is 3.05. The zero-order valence-electron chi connectivity index (χ0n) is 17.4. The highest BCUT2D eigenvalue weighted by atomic mass is 32.2. The van der Waals surface area contributed by atoms with Crippen molar-refractivity contribution in [2.24, 2.45) is 0 Å². The van der Waals surface area contributed by atoms with E-state index in [1.807, 2.05) is 43.3 Å². The molecule has 3 heterocycles. The SMILES string of the molecule is CCOc1ccc2nc(N(Cc3ccccn3)C(=O)C3CCCN3S(C)(=O)=O)sc2c1. The Kier molecular flexibility index (Phi) is 6.22. The van der Waals surface area contributed by atoms with Crippen LogP contribution in [0.4, 0.5) is 5.13 Å². The minimum atomic E-state index is -3.49. The number of nitrogens with zero attached hydrogens (tertiary/aromatic N) is 4. The van der Waals surface area contributed by atoms with Crippen molar-refractivity contribution in [3.8, 4) is 5.75 Å². The van der Waals surface area contributed by atoms with Gasteiger partial charge in [0.05, 0.1) is 35.3 Å². The van der Waals surface area contributed by atoms with E-state index in [-0.39, 0.29) is 12.5 Å². The second-order valence-corrected chi connectivity index (χ2v) is 10.3. The Labute approximate surface area is 185 Å². The van der Waals surface area contributed by atoms with Gasteiger partial charge in [-0.1, -0.05) is 17.4 Å². The highest BCUT2D eigenvalue weighted by Crippen LogP contribution is 2.34. The molecule has 1 saturated heterocycles. The lowest BCUT2D eigenvalue weighted by atomic mass is 10.2. The van der Waals surface area contributed by atoms with Gasteiger partial charge in [-0.05, 0) is 50.1 Å². The van der Waals surface area contributed by atoms with Crippen LogP contribution in [0.2, 0.25) is 0 Å². The molecule has 4 rings (SSSR count). The first-order chi connectivity index (χ1) is 14.9. The van der Waals surface area contributed by atoms with Gasteiger partial charge in [0.1, 0.15) is 11.8 Å². The second kappa shape index (κ2) is 8.89. The summed E-state index contributed by atoms with van der Waals surface area (Å²) >= 11 is 1.38. The van der Waals surface area contributed by atoms with E-state index in [9.17, 15) is 13.2 Å². The molecule has 10 heteroatoms. The van der Waals surface area contributed by atoms with Crippen molar-refractivity contribution in [2.45, 2.75) is 32.4 Å². The van der Waals surface area contributed by atoms with Gasteiger partial charge in [-0.2, -0.15) is 4.31 Å². The van der Waals surface area contributed by atoms with Crippen LogP contribution in [0.15, 0.2) is 42.6 Å². The fourth-order valence-electron chi connectivity index (χ4n) is 3.72. The van der Waals surface area contributed by atoms with E-state index in [0.717, 1.165) is 22.2 Å². The number of rotatable bonds is 7. The summed E-state index contributed by atoms with van der Waals surface area (Å²) in [5.41, 5.74) is 1.46. The molecule has 8 nitrogen and oxygen atoms in total. The molecule has 1 unspecified atom stereocenters. The Morgan fingerprint density at radius 3 is 2.87 bits per heavy atom. The second-order valence-electron chi connectivity index (χ2n) is 7.34. The van der Waals surface area contributed by atoms with Gasteiger partial charge in [0.2, 0.25) is 15.9 Å². The summed E-state index contributed by atoms with van der Waals surface area (Å²) in [4.78, 5) is 24.2. The minimum Gasteiger partial charge on any atom is -0.494 e.